The van der Waals surface area contributed by atoms with E-state index in [0.29, 0.717) is 5.02 Å². The van der Waals surface area contributed by atoms with Gasteiger partial charge in [-0.25, -0.2) is 4.79 Å². The number of urea groups is 1. The van der Waals surface area contributed by atoms with Crippen LogP contribution in [0.2, 0.25) is 5.02 Å². The Morgan fingerprint density at radius 3 is 2.60 bits per heavy atom. The van der Waals surface area contributed by atoms with E-state index in [0.717, 1.165) is 43.5 Å². The number of benzene rings is 1. The number of anilines is 1. The Kier molecular flexibility index (Phi) is 3.85. The first-order valence-electron chi connectivity index (χ1n) is 7.19. The summed E-state index contributed by atoms with van der Waals surface area (Å²) in [6.07, 6.45) is 2.65. The second kappa shape index (κ2) is 5.62. The normalized spacial score (nSPS) is 20.0. The number of aryl methyl sites for hydroxylation is 1. The van der Waals surface area contributed by atoms with Crippen molar-refractivity contribution in [3.05, 3.63) is 28.8 Å². The van der Waals surface area contributed by atoms with Gasteiger partial charge in [0.1, 0.15) is 0 Å². The predicted octanol–water partition coefficient (Wildman–Crippen LogP) is 2.96. The summed E-state index contributed by atoms with van der Waals surface area (Å²) in [5.41, 5.74) is 1.83. The second-order valence-corrected chi connectivity index (χ2v) is 6.08. The van der Waals surface area contributed by atoms with Gasteiger partial charge in [0.25, 0.3) is 0 Å². The third-order valence-electron chi connectivity index (χ3n) is 4.11. The van der Waals surface area contributed by atoms with Crippen molar-refractivity contribution in [1.82, 2.24) is 9.80 Å². The largest absolute Gasteiger partial charge is 0.322 e. The van der Waals surface area contributed by atoms with Crippen molar-refractivity contribution in [2.24, 2.45) is 0 Å². The molecule has 4 nitrogen and oxygen atoms in total. The highest BCUT2D eigenvalue weighted by Gasteiger charge is 2.32. The molecule has 1 aliphatic carbocycles. The lowest BCUT2D eigenvalue weighted by atomic mass is 10.2. The molecule has 1 heterocycles. The summed E-state index contributed by atoms with van der Waals surface area (Å²) >= 11 is 5.98. The number of nitrogens with one attached hydrogen (secondary N) is 1. The van der Waals surface area contributed by atoms with Crippen molar-refractivity contribution in [2.45, 2.75) is 25.8 Å². The molecule has 0 bridgehead atoms. The molecule has 108 valence electrons. The first kappa shape index (κ1) is 13.7. The first-order valence-corrected chi connectivity index (χ1v) is 7.57. The van der Waals surface area contributed by atoms with Gasteiger partial charge in [0.15, 0.2) is 0 Å². The van der Waals surface area contributed by atoms with Gasteiger partial charge in [0.2, 0.25) is 0 Å². The number of amides is 2. The highest BCUT2D eigenvalue weighted by Crippen LogP contribution is 2.27. The summed E-state index contributed by atoms with van der Waals surface area (Å²) in [7, 11) is 0. The zero-order valence-corrected chi connectivity index (χ0v) is 12.5. The van der Waals surface area contributed by atoms with Gasteiger partial charge in [0.05, 0.1) is 0 Å². The number of halogens is 1. The predicted molar refractivity (Wildman–Crippen MR) is 81.4 cm³/mol. The Hall–Kier alpha value is -1.26. The fourth-order valence-electron chi connectivity index (χ4n) is 2.65. The minimum atomic E-state index is -0.0224. The third-order valence-corrected chi connectivity index (χ3v) is 4.34. The topological polar surface area (TPSA) is 35.6 Å². The van der Waals surface area contributed by atoms with Crippen LogP contribution in [0.15, 0.2) is 18.2 Å². The van der Waals surface area contributed by atoms with Crippen molar-refractivity contribution in [3.63, 3.8) is 0 Å². The number of hydrogen-bond donors (Lipinski definition) is 1. The molecule has 2 aliphatic rings. The number of carbonyl (C=O) groups is 1. The number of piperazine rings is 1. The van der Waals surface area contributed by atoms with Gasteiger partial charge in [-0.05, 0) is 37.5 Å². The van der Waals surface area contributed by atoms with E-state index >= 15 is 0 Å². The molecule has 1 saturated heterocycles. The van der Waals surface area contributed by atoms with E-state index in [1.54, 1.807) is 6.07 Å². The second-order valence-electron chi connectivity index (χ2n) is 5.64. The maximum absolute atomic E-state index is 12.3. The fourth-order valence-corrected chi connectivity index (χ4v) is 2.83. The molecular formula is C15H20ClN3O. The number of carbonyl (C=O) groups excluding carboxylic acids is 1. The fraction of sp³-hybridized carbons (Fsp3) is 0.533. The molecule has 0 radical (unpaired) electrons. The molecule has 5 heteroatoms. The molecule has 0 spiro atoms. The van der Waals surface area contributed by atoms with E-state index in [1.807, 2.05) is 24.0 Å². The van der Waals surface area contributed by atoms with Crippen LogP contribution in [0.25, 0.3) is 0 Å². The molecule has 20 heavy (non-hydrogen) atoms. The van der Waals surface area contributed by atoms with Crippen molar-refractivity contribution in [3.8, 4) is 0 Å². The molecule has 0 atom stereocenters. The van der Waals surface area contributed by atoms with Crippen molar-refractivity contribution >= 4 is 23.3 Å². The van der Waals surface area contributed by atoms with Gasteiger partial charge in [-0.3, -0.25) is 4.90 Å². The highest BCUT2D eigenvalue weighted by atomic mass is 35.5. The summed E-state index contributed by atoms with van der Waals surface area (Å²) < 4.78 is 0. The quantitative estimate of drug-likeness (QED) is 0.910. The van der Waals surface area contributed by atoms with E-state index in [-0.39, 0.29) is 6.03 Å². The van der Waals surface area contributed by atoms with Gasteiger partial charge >= 0.3 is 6.03 Å². The summed E-state index contributed by atoms with van der Waals surface area (Å²) in [5.74, 6) is 0. The van der Waals surface area contributed by atoms with Crippen LogP contribution in [-0.2, 0) is 0 Å². The zero-order chi connectivity index (χ0) is 14.1. The molecule has 1 saturated carbocycles. The van der Waals surface area contributed by atoms with Crippen LogP contribution in [0.1, 0.15) is 18.4 Å². The average Bonchev–Trinajstić information content (AvgIpc) is 3.27. The molecule has 1 aromatic rings. The van der Waals surface area contributed by atoms with Crippen molar-refractivity contribution in [2.75, 3.05) is 31.5 Å². The SMILES string of the molecule is Cc1ccc(Cl)cc1NC(=O)N1CCN(C2CC2)CC1. The molecule has 1 aromatic carbocycles. The van der Waals surface area contributed by atoms with E-state index in [2.05, 4.69) is 10.2 Å². The lowest BCUT2D eigenvalue weighted by molar-refractivity contribution is 0.142. The minimum Gasteiger partial charge on any atom is -0.322 e. The third kappa shape index (κ3) is 3.07. The number of rotatable bonds is 2. The average molecular weight is 294 g/mol. The van der Waals surface area contributed by atoms with Gasteiger partial charge < -0.3 is 10.2 Å². The maximum Gasteiger partial charge on any atom is 0.321 e. The molecular weight excluding hydrogens is 274 g/mol. The van der Waals surface area contributed by atoms with Crippen LogP contribution in [0.4, 0.5) is 10.5 Å². The summed E-state index contributed by atoms with van der Waals surface area (Å²) in [4.78, 5) is 16.7. The van der Waals surface area contributed by atoms with Crippen LogP contribution < -0.4 is 5.32 Å². The van der Waals surface area contributed by atoms with E-state index in [9.17, 15) is 4.79 Å². The molecule has 3 rings (SSSR count). The molecule has 2 amide bonds. The summed E-state index contributed by atoms with van der Waals surface area (Å²) in [6.45, 7) is 5.57. The van der Waals surface area contributed by atoms with Crippen LogP contribution in [0, 0.1) is 6.92 Å². The molecule has 1 aliphatic heterocycles. The van der Waals surface area contributed by atoms with Gasteiger partial charge in [-0.1, -0.05) is 17.7 Å². The lowest BCUT2D eigenvalue weighted by Crippen LogP contribution is -2.50. The molecule has 2 fully saturated rings. The Bertz CT molecular complexity index is 508. The Balaban J connectivity index is 1.57. The minimum absolute atomic E-state index is 0.0224. The standard InChI is InChI=1S/C15H20ClN3O/c1-11-2-3-12(16)10-14(11)17-15(20)19-8-6-18(7-9-19)13-4-5-13/h2-3,10,13H,4-9H2,1H3,(H,17,20). The van der Waals surface area contributed by atoms with E-state index < -0.39 is 0 Å². The molecule has 0 unspecified atom stereocenters. The molecule has 1 N–H and O–H groups in total. The summed E-state index contributed by atoms with van der Waals surface area (Å²) in [5, 5.41) is 3.61. The smallest absolute Gasteiger partial charge is 0.321 e. The van der Waals surface area contributed by atoms with Crippen LogP contribution >= 0.6 is 11.6 Å². The van der Waals surface area contributed by atoms with Gasteiger partial charge in [0, 0.05) is 42.9 Å². The van der Waals surface area contributed by atoms with Crippen LogP contribution in [0.3, 0.4) is 0 Å². The van der Waals surface area contributed by atoms with Crippen LogP contribution in [0.5, 0.6) is 0 Å². The summed E-state index contributed by atoms with van der Waals surface area (Å²) in [6, 6.07) is 6.32. The highest BCUT2D eigenvalue weighted by molar-refractivity contribution is 6.31. The monoisotopic (exact) mass is 293 g/mol. The molecule has 0 aromatic heterocycles. The van der Waals surface area contributed by atoms with E-state index in [4.69, 9.17) is 11.6 Å². The number of nitrogens with zero attached hydrogens (tertiary/aromatic N) is 2. The van der Waals surface area contributed by atoms with Crippen LogP contribution in [-0.4, -0.2) is 48.1 Å². The number of hydrogen-bond acceptors (Lipinski definition) is 2. The Labute approximate surface area is 124 Å². The van der Waals surface area contributed by atoms with Crippen molar-refractivity contribution < 1.29 is 4.79 Å². The van der Waals surface area contributed by atoms with Gasteiger partial charge in [-0.15, -0.1) is 0 Å². The van der Waals surface area contributed by atoms with Crippen molar-refractivity contribution in [1.29, 1.82) is 0 Å². The van der Waals surface area contributed by atoms with E-state index in [1.165, 1.54) is 12.8 Å². The lowest BCUT2D eigenvalue weighted by Gasteiger charge is -2.34. The maximum atomic E-state index is 12.3. The van der Waals surface area contributed by atoms with Gasteiger partial charge in [-0.2, -0.15) is 0 Å². The Morgan fingerprint density at radius 1 is 1.25 bits per heavy atom. The zero-order valence-electron chi connectivity index (χ0n) is 11.7. The Morgan fingerprint density at radius 2 is 1.95 bits per heavy atom. The first-order chi connectivity index (χ1) is 9.63.